The van der Waals surface area contributed by atoms with E-state index in [1.165, 1.54) is 6.42 Å². The molecule has 1 rings (SSSR count). The fraction of sp³-hybridized carbons (Fsp3) is 0.857. The third-order valence-electron chi connectivity index (χ3n) is 3.34. The van der Waals surface area contributed by atoms with Gasteiger partial charge in [0, 0.05) is 12.5 Å². The number of hydrogen-bond donors (Lipinski definition) is 2. The van der Waals surface area contributed by atoms with Crippen LogP contribution in [0.1, 0.15) is 59.3 Å². The van der Waals surface area contributed by atoms with Crippen molar-refractivity contribution in [3.8, 4) is 0 Å². The van der Waals surface area contributed by atoms with Crippen molar-refractivity contribution in [1.29, 1.82) is 0 Å². The number of aliphatic carboxylic acids is 1. The van der Waals surface area contributed by atoms with Crippen LogP contribution in [0.5, 0.6) is 0 Å². The lowest BCUT2D eigenvalue weighted by Crippen LogP contribution is -2.40. The summed E-state index contributed by atoms with van der Waals surface area (Å²) in [5.74, 6) is -0.325. The van der Waals surface area contributed by atoms with Crippen LogP contribution in [-0.4, -0.2) is 23.0 Å². The molecule has 0 aromatic heterocycles. The summed E-state index contributed by atoms with van der Waals surface area (Å²) in [4.78, 5) is 22.6. The van der Waals surface area contributed by atoms with Gasteiger partial charge in [-0.25, -0.2) is 0 Å². The van der Waals surface area contributed by atoms with Crippen molar-refractivity contribution in [2.75, 3.05) is 0 Å². The fourth-order valence-corrected chi connectivity index (χ4v) is 2.37. The molecule has 1 aliphatic rings. The number of carbonyl (C=O) groups is 2. The molecular weight excluding hydrogens is 230 g/mol. The molecule has 0 saturated heterocycles. The number of nitrogens with one attached hydrogen (secondary N) is 1. The van der Waals surface area contributed by atoms with Gasteiger partial charge in [-0.1, -0.05) is 27.2 Å². The molecule has 18 heavy (non-hydrogen) atoms. The highest BCUT2D eigenvalue weighted by Crippen LogP contribution is 2.29. The molecule has 1 unspecified atom stereocenters. The summed E-state index contributed by atoms with van der Waals surface area (Å²) in [6, 6.07) is -0.255. The Morgan fingerprint density at radius 2 is 1.94 bits per heavy atom. The number of carboxylic acids is 1. The van der Waals surface area contributed by atoms with Crippen LogP contribution < -0.4 is 5.32 Å². The lowest BCUT2D eigenvalue weighted by atomic mass is 9.82. The molecule has 0 aliphatic heterocycles. The molecule has 4 heteroatoms. The summed E-state index contributed by atoms with van der Waals surface area (Å²) in [5.41, 5.74) is 0.0177. The smallest absolute Gasteiger partial charge is 0.305 e. The first kappa shape index (κ1) is 15.0. The van der Waals surface area contributed by atoms with Crippen molar-refractivity contribution in [2.45, 2.75) is 65.3 Å². The Bertz CT molecular complexity index is 303. The van der Waals surface area contributed by atoms with Gasteiger partial charge in [0.05, 0.1) is 6.42 Å². The maximum absolute atomic E-state index is 11.8. The van der Waals surface area contributed by atoms with E-state index in [9.17, 15) is 9.59 Å². The molecule has 4 nitrogen and oxygen atoms in total. The predicted octanol–water partition coefficient (Wildman–Crippen LogP) is 2.57. The minimum absolute atomic E-state index is 0.00762. The summed E-state index contributed by atoms with van der Waals surface area (Å²) in [6.45, 7) is 6.17. The van der Waals surface area contributed by atoms with E-state index < -0.39 is 5.97 Å². The largest absolute Gasteiger partial charge is 0.481 e. The van der Waals surface area contributed by atoms with Gasteiger partial charge < -0.3 is 10.4 Å². The molecule has 0 spiro atoms. The van der Waals surface area contributed by atoms with E-state index in [2.05, 4.69) is 26.1 Å². The topological polar surface area (TPSA) is 66.4 Å². The maximum Gasteiger partial charge on any atom is 0.305 e. The zero-order chi connectivity index (χ0) is 13.8. The number of carboxylic acid groups (broad SMARTS) is 1. The molecule has 1 aliphatic carbocycles. The van der Waals surface area contributed by atoms with E-state index in [1.807, 2.05) is 0 Å². The summed E-state index contributed by atoms with van der Waals surface area (Å²) >= 11 is 0. The second kappa shape index (κ2) is 6.21. The molecular formula is C14H25NO3. The Morgan fingerprint density at radius 1 is 1.33 bits per heavy atom. The molecule has 0 heterocycles. The quantitative estimate of drug-likeness (QED) is 0.766. The van der Waals surface area contributed by atoms with Gasteiger partial charge in [-0.05, 0) is 30.6 Å². The van der Waals surface area contributed by atoms with E-state index in [0.29, 0.717) is 18.8 Å². The monoisotopic (exact) mass is 255 g/mol. The number of rotatable bonds is 6. The number of carbonyl (C=O) groups excluding carboxylic acids is 1. The van der Waals surface area contributed by atoms with E-state index >= 15 is 0 Å². The zero-order valence-corrected chi connectivity index (χ0v) is 11.7. The lowest BCUT2D eigenvalue weighted by Gasteiger charge is -2.28. The van der Waals surface area contributed by atoms with Crippen LogP contribution in [-0.2, 0) is 9.59 Å². The molecule has 0 radical (unpaired) electrons. The highest BCUT2D eigenvalue weighted by atomic mass is 16.4. The molecule has 0 aromatic carbocycles. The standard InChI is InChI=1S/C14H25NO3/c1-14(2,3)9-11(8-13(17)18)15-12(16)7-10-5-4-6-10/h10-11H,4-9H2,1-3H3,(H,15,16)(H,17,18). The van der Waals surface area contributed by atoms with Crippen LogP contribution in [0.15, 0.2) is 0 Å². The highest BCUT2D eigenvalue weighted by Gasteiger charge is 2.25. The van der Waals surface area contributed by atoms with E-state index in [0.717, 1.165) is 12.8 Å². The Kier molecular flexibility index (Phi) is 5.17. The van der Waals surface area contributed by atoms with Crippen molar-refractivity contribution in [3.05, 3.63) is 0 Å². The third kappa shape index (κ3) is 6.03. The van der Waals surface area contributed by atoms with Gasteiger partial charge in [0.1, 0.15) is 0 Å². The first-order chi connectivity index (χ1) is 8.26. The minimum atomic E-state index is -0.854. The van der Waals surface area contributed by atoms with E-state index in [1.54, 1.807) is 0 Å². The van der Waals surface area contributed by atoms with Crippen molar-refractivity contribution < 1.29 is 14.7 Å². The van der Waals surface area contributed by atoms with Crippen molar-refractivity contribution in [3.63, 3.8) is 0 Å². The molecule has 2 N–H and O–H groups in total. The Balaban J connectivity index is 2.43. The predicted molar refractivity (Wildman–Crippen MR) is 70.2 cm³/mol. The molecule has 0 bridgehead atoms. The lowest BCUT2D eigenvalue weighted by molar-refractivity contribution is -0.138. The highest BCUT2D eigenvalue weighted by molar-refractivity contribution is 5.77. The van der Waals surface area contributed by atoms with Crippen LogP contribution in [0, 0.1) is 11.3 Å². The van der Waals surface area contributed by atoms with Gasteiger partial charge in [-0.3, -0.25) is 9.59 Å². The van der Waals surface area contributed by atoms with Gasteiger partial charge in [0.15, 0.2) is 0 Å². The van der Waals surface area contributed by atoms with Crippen molar-refractivity contribution in [1.82, 2.24) is 5.32 Å². The second-order valence-electron chi connectivity index (χ2n) is 6.63. The van der Waals surface area contributed by atoms with E-state index in [-0.39, 0.29) is 23.8 Å². The van der Waals surface area contributed by atoms with Gasteiger partial charge in [-0.2, -0.15) is 0 Å². The first-order valence-electron chi connectivity index (χ1n) is 6.77. The second-order valence-corrected chi connectivity index (χ2v) is 6.63. The number of amides is 1. The van der Waals surface area contributed by atoms with Crippen LogP contribution >= 0.6 is 0 Å². The first-order valence-corrected chi connectivity index (χ1v) is 6.77. The van der Waals surface area contributed by atoms with Gasteiger partial charge in [0.25, 0.3) is 0 Å². The molecule has 1 fully saturated rings. The van der Waals surface area contributed by atoms with E-state index in [4.69, 9.17) is 5.11 Å². The third-order valence-corrected chi connectivity index (χ3v) is 3.34. The Hall–Kier alpha value is -1.06. The summed E-state index contributed by atoms with van der Waals surface area (Å²) in [5, 5.41) is 11.8. The van der Waals surface area contributed by atoms with Crippen LogP contribution in [0.2, 0.25) is 0 Å². The average Bonchev–Trinajstić information content (AvgIpc) is 2.07. The summed E-state index contributed by atoms with van der Waals surface area (Å²) in [7, 11) is 0. The van der Waals surface area contributed by atoms with Crippen LogP contribution in [0.3, 0.4) is 0 Å². The minimum Gasteiger partial charge on any atom is -0.481 e. The average molecular weight is 255 g/mol. The maximum atomic E-state index is 11.8. The van der Waals surface area contributed by atoms with Crippen molar-refractivity contribution >= 4 is 11.9 Å². The molecule has 1 atom stereocenters. The molecule has 1 saturated carbocycles. The zero-order valence-electron chi connectivity index (χ0n) is 11.7. The molecule has 0 aromatic rings. The summed E-state index contributed by atoms with van der Waals surface area (Å²) < 4.78 is 0. The van der Waals surface area contributed by atoms with Crippen molar-refractivity contribution in [2.24, 2.45) is 11.3 Å². The SMILES string of the molecule is CC(C)(C)CC(CC(=O)O)NC(=O)CC1CCC1. The van der Waals surface area contributed by atoms with Crippen LogP contribution in [0.4, 0.5) is 0 Å². The molecule has 1 amide bonds. The van der Waals surface area contributed by atoms with Gasteiger partial charge in [-0.15, -0.1) is 0 Å². The number of hydrogen-bond acceptors (Lipinski definition) is 2. The Labute approximate surface area is 109 Å². The van der Waals surface area contributed by atoms with Gasteiger partial charge in [0.2, 0.25) is 5.91 Å². The summed E-state index contributed by atoms with van der Waals surface area (Å²) in [6.07, 6.45) is 4.74. The fourth-order valence-electron chi connectivity index (χ4n) is 2.37. The van der Waals surface area contributed by atoms with Crippen LogP contribution in [0.25, 0.3) is 0 Å². The normalized spacial score (nSPS) is 17.9. The molecule has 104 valence electrons. The van der Waals surface area contributed by atoms with Gasteiger partial charge >= 0.3 is 5.97 Å². The Morgan fingerprint density at radius 3 is 2.33 bits per heavy atom.